The Kier molecular flexibility index (Phi) is 3.24. The summed E-state index contributed by atoms with van der Waals surface area (Å²) in [6.07, 6.45) is 3.11. The smallest absolute Gasteiger partial charge is 0.182 e. The van der Waals surface area contributed by atoms with Crippen LogP contribution in [0.4, 0.5) is 5.82 Å². The molecule has 0 aromatic carbocycles. The number of hydrogen-bond acceptors (Lipinski definition) is 4. The molecule has 0 aliphatic carbocycles. The van der Waals surface area contributed by atoms with Crippen LogP contribution < -0.4 is 5.32 Å². The molecule has 2 unspecified atom stereocenters. The quantitative estimate of drug-likeness (QED) is 0.802. The molecule has 2 aromatic rings. The van der Waals surface area contributed by atoms with Crippen LogP contribution in [0.15, 0.2) is 12.7 Å². The summed E-state index contributed by atoms with van der Waals surface area (Å²) in [4.78, 5) is 15.4. The van der Waals surface area contributed by atoms with E-state index in [2.05, 4.69) is 39.1 Å². The van der Waals surface area contributed by atoms with Gasteiger partial charge in [0.2, 0.25) is 0 Å². The van der Waals surface area contributed by atoms with E-state index in [0.717, 1.165) is 11.3 Å². The van der Waals surface area contributed by atoms with E-state index < -0.39 is 0 Å². The van der Waals surface area contributed by atoms with Crippen molar-refractivity contribution in [2.45, 2.75) is 19.9 Å². The standard InChI is InChI=1S/C10H14ClN5/c1-6(3-11)7(2)16-10-8-9(13-4-12-8)14-5-15-10/h4-7H,3H2,1-2H3,(H2,12,13,14,15,16). The van der Waals surface area contributed by atoms with Crippen molar-refractivity contribution >= 4 is 28.6 Å². The molecule has 5 nitrogen and oxygen atoms in total. The van der Waals surface area contributed by atoms with Crippen molar-refractivity contribution in [3.63, 3.8) is 0 Å². The van der Waals surface area contributed by atoms with Crippen LogP contribution in [-0.4, -0.2) is 31.9 Å². The first kappa shape index (κ1) is 11.1. The van der Waals surface area contributed by atoms with Gasteiger partial charge in [0.05, 0.1) is 6.33 Å². The molecular formula is C10H14ClN5. The molecule has 0 aliphatic heterocycles. The third kappa shape index (κ3) is 2.09. The highest BCUT2D eigenvalue weighted by molar-refractivity contribution is 6.18. The van der Waals surface area contributed by atoms with Crippen molar-refractivity contribution in [3.8, 4) is 0 Å². The topological polar surface area (TPSA) is 66.5 Å². The van der Waals surface area contributed by atoms with E-state index in [4.69, 9.17) is 11.6 Å². The van der Waals surface area contributed by atoms with Crippen LogP contribution >= 0.6 is 11.6 Å². The Balaban J connectivity index is 2.23. The summed E-state index contributed by atoms with van der Waals surface area (Å²) < 4.78 is 0. The Labute approximate surface area is 98.7 Å². The summed E-state index contributed by atoms with van der Waals surface area (Å²) in [5, 5.41) is 3.31. The normalized spacial score (nSPS) is 14.9. The van der Waals surface area contributed by atoms with Crippen LogP contribution in [-0.2, 0) is 0 Å². The molecule has 86 valence electrons. The summed E-state index contributed by atoms with van der Waals surface area (Å²) in [7, 11) is 0. The highest BCUT2D eigenvalue weighted by atomic mass is 35.5. The lowest BCUT2D eigenvalue weighted by molar-refractivity contribution is 0.564. The van der Waals surface area contributed by atoms with E-state index in [1.807, 2.05) is 0 Å². The van der Waals surface area contributed by atoms with Crippen LogP contribution in [0, 0.1) is 5.92 Å². The SMILES string of the molecule is CC(CCl)C(C)Nc1ncnc2nc[nH]c12. The van der Waals surface area contributed by atoms with Gasteiger partial charge in [-0.3, -0.25) is 0 Å². The first-order chi connectivity index (χ1) is 7.72. The first-order valence-electron chi connectivity index (χ1n) is 5.19. The lowest BCUT2D eigenvalue weighted by Crippen LogP contribution is -2.25. The zero-order valence-corrected chi connectivity index (χ0v) is 9.99. The van der Waals surface area contributed by atoms with Crippen molar-refractivity contribution in [2.24, 2.45) is 5.92 Å². The van der Waals surface area contributed by atoms with E-state index in [0.29, 0.717) is 17.4 Å². The van der Waals surface area contributed by atoms with Gasteiger partial charge in [-0.2, -0.15) is 0 Å². The van der Waals surface area contributed by atoms with Crippen LogP contribution in [0.3, 0.4) is 0 Å². The first-order valence-corrected chi connectivity index (χ1v) is 5.72. The Hall–Kier alpha value is -1.36. The van der Waals surface area contributed by atoms with Crippen molar-refractivity contribution in [2.75, 3.05) is 11.2 Å². The van der Waals surface area contributed by atoms with Crippen molar-refractivity contribution < 1.29 is 0 Å². The van der Waals surface area contributed by atoms with E-state index in [9.17, 15) is 0 Å². The van der Waals surface area contributed by atoms with Crippen LogP contribution in [0.5, 0.6) is 0 Å². The number of anilines is 1. The van der Waals surface area contributed by atoms with Gasteiger partial charge in [-0.1, -0.05) is 6.92 Å². The minimum absolute atomic E-state index is 0.249. The van der Waals surface area contributed by atoms with E-state index in [-0.39, 0.29) is 6.04 Å². The average Bonchev–Trinajstić information content (AvgIpc) is 2.77. The summed E-state index contributed by atoms with van der Waals surface area (Å²) in [6, 6.07) is 0.249. The number of imidazole rings is 1. The van der Waals surface area contributed by atoms with Gasteiger partial charge in [0.15, 0.2) is 11.5 Å². The number of nitrogens with zero attached hydrogens (tertiary/aromatic N) is 3. The van der Waals surface area contributed by atoms with Gasteiger partial charge in [0.1, 0.15) is 11.8 Å². The van der Waals surface area contributed by atoms with Gasteiger partial charge in [-0.15, -0.1) is 11.6 Å². The van der Waals surface area contributed by atoms with Gasteiger partial charge in [0, 0.05) is 11.9 Å². The molecule has 0 radical (unpaired) electrons. The second-order valence-electron chi connectivity index (χ2n) is 3.89. The molecule has 6 heteroatoms. The second-order valence-corrected chi connectivity index (χ2v) is 4.20. The number of halogens is 1. The number of aromatic nitrogens is 4. The van der Waals surface area contributed by atoms with E-state index >= 15 is 0 Å². The van der Waals surface area contributed by atoms with Crippen molar-refractivity contribution in [1.82, 2.24) is 19.9 Å². The molecule has 2 heterocycles. The molecular weight excluding hydrogens is 226 g/mol. The maximum atomic E-state index is 5.82. The zero-order valence-electron chi connectivity index (χ0n) is 9.24. The minimum atomic E-state index is 0.249. The molecule has 0 bridgehead atoms. The molecule has 2 atom stereocenters. The lowest BCUT2D eigenvalue weighted by atomic mass is 10.1. The number of fused-ring (bicyclic) bond motifs is 1. The Bertz CT molecular complexity index is 469. The van der Waals surface area contributed by atoms with Crippen molar-refractivity contribution in [3.05, 3.63) is 12.7 Å². The Morgan fingerprint density at radius 1 is 1.38 bits per heavy atom. The van der Waals surface area contributed by atoms with Gasteiger partial charge in [-0.05, 0) is 12.8 Å². The van der Waals surface area contributed by atoms with Crippen LogP contribution in [0.2, 0.25) is 0 Å². The van der Waals surface area contributed by atoms with Gasteiger partial charge in [0.25, 0.3) is 0 Å². The Morgan fingerprint density at radius 3 is 2.94 bits per heavy atom. The Morgan fingerprint density at radius 2 is 2.19 bits per heavy atom. The molecule has 16 heavy (non-hydrogen) atoms. The molecule has 2 N–H and O–H groups in total. The van der Waals surface area contributed by atoms with Gasteiger partial charge < -0.3 is 10.3 Å². The molecule has 0 amide bonds. The fourth-order valence-corrected chi connectivity index (χ4v) is 1.63. The number of hydrogen-bond donors (Lipinski definition) is 2. The fraction of sp³-hybridized carbons (Fsp3) is 0.500. The third-order valence-electron chi connectivity index (χ3n) is 2.68. The number of alkyl halides is 1. The van der Waals surface area contributed by atoms with Crippen LogP contribution in [0.25, 0.3) is 11.2 Å². The fourth-order valence-electron chi connectivity index (χ4n) is 1.37. The summed E-state index contributed by atoms with van der Waals surface area (Å²) >= 11 is 5.82. The molecule has 0 saturated carbocycles. The predicted molar refractivity (Wildman–Crippen MR) is 64.7 cm³/mol. The zero-order chi connectivity index (χ0) is 11.5. The molecule has 0 fully saturated rings. The largest absolute Gasteiger partial charge is 0.365 e. The second kappa shape index (κ2) is 4.65. The number of nitrogens with one attached hydrogen (secondary N) is 2. The average molecular weight is 240 g/mol. The van der Waals surface area contributed by atoms with Crippen molar-refractivity contribution in [1.29, 1.82) is 0 Å². The number of H-pyrrole nitrogens is 1. The number of aromatic amines is 1. The van der Waals surface area contributed by atoms with Gasteiger partial charge >= 0.3 is 0 Å². The third-order valence-corrected chi connectivity index (χ3v) is 3.17. The molecule has 0 spiro atoms. The maximum absolute atomic E-state index is 5.82. The van der Waals surface area contributed by atoms with E-state index in [1.54, 1.807) is 6.33 Å². The molecule has 0 saturated heterocycles. The molecule has 0 aliphatic rings. The maximum Gasteiger partial charge on any atom is 0.182 e. The van der Waals surface area contributed by atoms with Gasteiger partial charge in [-0.25, -0.2) is 15.0 Å². The highest BCUT2D eigenvalue weighted by Gasteiger charge is 2.13. The number of rotatable bonds is 4. The highest BCUT2D eigenvalue weighted by Crippen LogP contribution is 2.17. The molecule has 2 aromatic heterocycles. The molecule has 2 rings (SSSR count). The monoisotopic (exact) mass is 239 g/mol. The summed E-state index contributed by atoms with van der Waals surface area (Å²) in [5.74, 6) is 1.76. The van der Waals surface area contributed by atoms with E-state index in [1.165, 1.54) is 6.33 Å². The summed E-state index contributed by atoms with van der Waals surface area (Å²) in [6.45, 7) is 4.17. The predicted octanol–water partition coefficient (Wildman–Crippen LogP) is 2.03. The summed E-state index contributed by atoms with van der Waals surface area (Å²) in [5.41, 5.74) is 1.50. The lowest BCUT2D eigenvalue weighted by Gasteiger charge is -2.19. The minimum Gasteiger partial charge on any atom is -0.365 e. The van der Waals surface area contributed by atoms with Crippen LogP contribution in [0.1, 0.15) is 13.8 Å².